The minimum Gasteiger partial charge on any atom is -0.469 e. The number of carbonyl (C=O) groups is 1. The molecule has 18 heavy (non-hydrogen) atoms. The van der Waals surface area contributed by atoms with Gasteiger partial charge >= 0.3 is 5.97 Å². The van der Waals surface area contributed by atoms with Crippen LogP contribution in [-0.4, -0.2) is 23.0 Å². The second-order valence-electron chi connectivity index (χ2n) is 3.69. The predicted molar refractivity (Wildman–Crippen MR) is 68.0 cm³/mol. The molecule has 2 aromatic rings. The lowest BCUT2D eigenvalue weighted by Crippen LogP contribution is -2.05. The molecule has 0 radical (unpaired) electrons. The van der Waals surface area contributed by atoms with E-state index < -0.39 is 0 Å². The van der Waals surface area contributed by atoms with E-state index in [9.17, 15) is 9.59 Å². The molecule has 0 fully saturated rings. The molecule has 0 saturated carbocycles. The molecule has 0 aliphatic rings. The zero-order valence-corrected chi connectivity index (χ0v) is 9.84. The van der Waals surface area contributed by atoms with Crippen molar-refractivity contribution in [2.45, 2.75) is 6.42 Å². The largest absolute Gasteiger partial charge is 0.469 e. The fraction of sp³-hybridized carbons (Fsp3) is 0.154. The van der Waals surface area contributed by atoms with E-state index in [1.807, 2.05) is 6.07 Å². The number of hydrogen-bond acceptors (Lipinski definition) is 4. The van der Waals surface area contributed by atoms with Crippen LogP contribution in [0.25, 0.3) is 17.0 Å². The maximum absolute atomic E-state index is 11.6. The fourth-order valence-corrected chi connectivity index (χ4v) is 1.56. The summed E-state index contributed by atoms with van der Waals surface area (Å²) in [6.45, 7) is 0. The third kappa shape index (κ3) is 2.63. The third-order valence-electron chi connectivity index (χ3n) is 2.49. The van der Waals surface area contributed by atoms with Gasteiger partial charge in [-0.15, -0.1) is 0 Å². The number of hydrogen-bond donors (Lipinski definition) is 1. The van der Waals surface area contributed by atoms with Crippen molar-refractivity contribution in [2.75, 3.05) is 7.11 Å². The topological polar surface area (TPSA) is 72.0 Å². The van der Waals surface area contributed by atoms with Crippen molar-refractivity contribution in [2.24, 2.45) is 0 Å². The van der Waals surface area contributed by atoms with Crippen molar-refractivity contribution in [3.8, 4) is 0 Å². The first-order valence-electron chi connectivity index (χ1n) is 5.41. The van der Waals surface area contributed by atoms with Gasteiger partial charge in [0.2, 0.25) is 0 Å². The molecule has 0 aliphatic heterocycles. The second kappa shape index (κ2) is 5.27. The highest BCUT2D eigenvalue weighted by atomic mass is 16.5. The highest BCUT2D eigenvalue weighted by molar-refractivity contribution is 5.80. The summed E-state index contributed by atoms with van der Waals surface area (Å²) in [5.41, 5.74) is 1.30. The number of aromatic nitrogens is 2. The number of carbonyl (C=O) groups excluding carboxylic acids is 1. The van der Waals surface area contributed by atoms with Crippen molar-refractivity contribution in [3.05, 3.63) is 46.5 Å². The number of methoxy groups -OCH3 is 1. The smallest absolute Gasteiger partial charge is 0.309 e. The Morgan fingerprint density at radius 3 is 3.11 bits per heavy atom. The van der Waals surface area contributed by atoms with Gasteiger partial charge in [0.05, 0.1) is 30.8 Å². The van der Waals surface area contributed by atoms with E-state index in [4.69, 9.17) is 0 Å². The molecule has 5 heteroatoms. The van der Waals surface area contributed by atoms with E-state index >= 15 is 0 Å². The van der Waals surface area contributed by atoms with Crippen molar-refractivity contribution in [1.82, 2.24) is 9.97 Å². The highest BCUT2D eigenvalue weighted by Crippen LogP contribution is 2.11. The number of benzene rings is 1. The van der Waals surface area contributed by atoms with Gasteiger partial charge in [-0.1, -0.05) is 18.2 Å². The summed E-state index contributed by atoms with van der Waals surface area (Å²) in [7, 11) is 1.34. The first-order chi connectivity index (χ1) is 8.70. The Kier molecular flexibility index (Phi) is 3.52. The minimum atomic E-state index is -0.299. The zero-order chi connectivity index (χ0) is 13.0. The number of rotatable bonds is 3. The lowest BCUT2D eigenvalue weighted by Gasteiger charge is -1.97. The van der Waals surface area contributed by atoms with Crippen LogP contribution in [0.4, 0.5) is 0 Å². The van der Waals surface area contributed by atoms with Crippen LogP contribution in [0.2, 0.25) is 0 Å². The molecule has 1 aromatic heterocycles. The second-order valence-corrected chi connectivity index (χ2v) is 3.69. The Morgan fingerprint density at radius 2 is 2.33 bits per heavy atom. The molecular formula is C13H12N2O3. The molecule has 0 saturated heterocycles. The lowest BCUT2D eigenvalue weighted by molar-refractivity contribution is -0.139. The van der Waals surface area contributed by atoms with Crippen molar-refractivity contribution >= 4 is 22.9 Å². The SMILES string of the molecule is COC(=O)CC=Cc1ccc2nc[nH]c(=O)c2c1. The van der Waals surface area contributed by atoms with Gasteiger partial charge in [0.25, 0.3) is 5.56 Å². The Balaban J connectivity index is 2.28. The maximum atomic E-state index is 11.6. The van der Waals surface area contributed by atoms with Crippen LogP contribution in [0.5, 0.6) is 0 Å². The summed E-state index contributed by atoms with van der Waals surface area (Å²) in [6.07, 6.45) is 5.04. The van der Waals surface area contributed by atoms with Gasteiger partial charge in [0, 0.05) is 0 Å². The molecule has 0 aliphatic carbocycles. The zero-order valence-electron chi connectivity index (χ0n) is 9.84. The van der Waals surface area contributed by atoms with Crippen LogP contribution in [0, 0.1) is 0 Å². The first kappa shape index (κ1) is 12.0. The third-order valence-corrected chi connectivity index (χ3v) is 2.49. The van der Waals surface area contributed by atoms with Crippen LogP contribution in [0.15, 0.2) is 35.4 Å². The van der Waals surface area contributed by atoms with Crippen molar-refractivity contribution in [3.63, 3.8) is 0 Å². The average Bonchev–Trinajstić information content (AvgIpc) is 2.39. The Bertz CT molecular complexity index is 659. The van der Waals surface area contributed by atoms with E-state index in [0.29, 0.717) is 10.9 Å². The van der Waals surface area contributed by atoms with Gasteiger partial charge in [-0.05, 0) is 17.7 Å². The van der Waals surface area contributed by atoms with Gasteiger partial charge < -0.3 is 9.72 Å². The molecule has 0 amide bonds. The normalized spacial score (nSPS) is 10.9. The van der Waals surface area contributed by atoms with Gasteiger partial charge in [-0.3, -0.25) is 9.59 Å². The average molecular weight is 244 g/mol. The van der Waals surface area contributed by atoms with Gasteiger partial charge in [-0.2, -0.15) is 0 Å². The number of nitrogens with one attached hydrogen (secondary N) is 1. The first-order valence-corrected chi connectivity index (χ1v) is 5.41. The number of esters is 1. The number of H-pyrrole nitrogens is 1. The van der Waals surface area contributed by atoms with E-state index in [0.717, 1.165) is 5.56 Å². The molecule has 5 nitrogen and oxygen atoms in total. The number of ether oxygens (including phenoxy) is 1. The van der Waals surface area contributed by atoms with Gasteiger partial charge in [-0.25, -0.2) is 4.98 Å². The van der Waals surface area contributed by atoms with E-state index in [1.165, 1.54) is 13.4 Å². The fourth-order valence-electron chi connectivity index (χ4n) is 1.56. The predicted octanol–water partition coefficient (Wildman–Crippen LogP) is 1.50. The Morgan fingerprint density at radius 1 is 1.50 bits per heavy atom. The summed E-state index contributed by atoms with van der Waals surface area (Å²) in [4.78, 5) is 29.1. The summed E-state index contributed by atoms with van der Waals surface area (Å²) < 4.78 is 4.52. The summed E-state index contributed by atoms with van der Waals surface area (Å²) in [6, 6.07) is 5.33. The van der Waals surface area contributed by atoms with Crippen LogP contribution in [0.1, 0.15) is 12.0 Å². The lowest BCUT2D eigenvalue weighted by atomic mass is 10.1. The van der Waals surface area contributed by atoms with E-state index in [2.05, 4.69) is 14.7 Å². The molecule has 1 aromatic carbocycles. The standard InChI is InChI=1S/C13H12N2O3/c1-18-12(16)4-2-3-9-5-6-11-10(7-9)13(17)15-8-14-11/h2-3,5-8H,4H2,1H3,(H,14,15,17). The van der Waals surface area contributed by atoms with Crippen LogP contribution in [-0.2, 0) is 9.53 Å². The molecule has 92 valence electrons. The summed E-state index contributed by atoms with van der Waals surface area (Å²) >= 11 is 0. The van der Waals surface area contributed by atoms with E-state index in [1.54, 1.807) is 24.3 Å². The van der Waals surface area contributed by atoms with Gasteiger partial charge in [0.1, 0.15) is 0 Å². The molecule has 0 bridgehead atoms. The highest BCUT2D eigenvalue weighted by Gasteiger charge is 1.99. The van der Waals surface area contributed by atoms with Crippen molar-refractivity contribution < 1.29 is 9.53 Å². The van der Waals surface area contributed by atoms with Crippen LogP contribution >= 0.6 is 0 Å². The van der Waals surface area contributed by atoms with Crippen LogP contribution in [0.3, 0.4) is 0 Å². The number of aromatic amines is 1. The molecule has 2 rings (SSSR count). The van der Waals surface area contributed by atoms with Gasteiger partial charge in [0.15, 0.2) is 0 Å². The summed E-state index contributed by atoms with van der Waals surface area (Å²) in [5.74, 6) is -0.299. The minimum absolute atomic E-state index is 0.178. The van der Waals surface area contributed by atoms with Crippen molar-refractivity contribution in [1.29, 1.82) is 0 Å². The monoisotopic (exact) mass is 244 g/mol. The quantitative estimate of drug-likeness (QED) is 0.830. The number of fused-ring (bicyclic) bond motifs is 1. The molecule has 1 heterocycles. The maximum Gasteiger partial charge on any atom is 0.309 e. The van der Waals surface area contributed by atoms with Crippen LogP contribution < -0.4 is 5.56 Å². The molecule has 1 N–H and O–H groups in total. The Labute approximate surface area is 103 Å². The van der Waals surface area contributed by atoms with E-state index in [-0.39, 0.29) is 17.9 Å². The molecule has 0 unspecified atom stereocenters. The Hall–Kier alpha value is -2.43. The summed E-state index contributed by atoms with van der Waals surface area (Å²) in [5, 5.41) is 0.526. The molecular weight excluding hydrogens is 232 g/mol. The number of nitrogens with zero attached hydrogens (tertiary/aromatic N) is 1. The molecule has 0 spiro atoms. The molecule has 0 atom stereocenters.